The maximum atomic E-state index is 10.2. The molecule has 4 aliphatic carbocycles. The average molecular weight is 385 g/mol. The molecule has 0 amide bonds. The first-order valence-electron chi connectivity index (χ1n) is 12.4. The van der Waals surface area contributed by atoms with E-state index >= 15 is 0 Å². The molecule has 0 spiro atoms. The van der Waals surface area contributed by atoms with Crippen LogP contribution >= 0.6 is 0 Å². The molecule has 158 valence electrons. The molecule has 2 saturated carbocycles. The van der Waals surface area contributed by atoms with E-state index in [1.54, 1.807) is 5.57 Å². The lowest BCUT2D eigenvalue weighted by molar-refractivity contribution is 0.0687. The fourth-order valence-corrected chi connectivity index (χ4v) is 7.91. The molecular weight excluding hydrogens is 340 g/mol. The van der Waals surface area contributed by atoms with E-state index in [2.05, 4.69) is 40.7 Å². The van der Waals surface area contributed by atoms with Crippen molar-refractivity contribution in [1.82, 2.24) is 0 Å². The van der Waals surface area contributed by atoms with Crippen molar-refractivity contribution in [3.05, 3.63) is 22.8 Å². The highest BCUT2D eigenvalue weighted by molar-refractivity contribution is 5.40. The molecule has 0 aromatic heterocycles. The van der Waals surface area contributed by atoms with Crippen molar-refractivity contribution < 1.29 is 5.11 Å². The van der Waals surface area contributed by atoms with Gasteiger partial charge >= 0.3 is 0 Å². The van der Waals surface area contributed by atoms with E-state index in [1.807, 2.05) is 11.1 Å². The highest BCUT2D eigenvalue weighted by atomic mass is 16.3. The summed E-state index contributed by atoms with van der Waals surface area (Å²) in [6.45, 7) is 12.4. The van der Waals surface area contributed by atoms with E-state index in [-0.39, 0.29) is 6.10 Å². The summed E-state index contributed by atoms with van der Waals surface area (Å²) in [5.41, 5.74) is 6.11. The molecule has 0 saturated heterocycles. The summed E-state index contributed by atoms with van der Waals surface area (Å²) in [6.07, 6.45) is 16.5. The predicted octanol–water partition coefficient (Wildman–Crippen LogP) is 7.45. The first-order valence-corrected chi connectivity index (χ1v) is 12.4. The minimum atomic E-state index is -0.0927. The van der Waals surface area contributed by atoms with Crippen LogP contribution in [0.3, 0.4) is 0 Å². The van der Waals surface area contributed by atoms with Crippen LogP contribution in [0.1, 0.15) is 105 Å². The fraction of sp³-hybridized carbons (Fsp3) is 0.852. The molecule has 3 unspecified atom stereocenters. The van der Waals surface area contributed by atoms with Gasteiger partial charge in [-0.2, -0.15) is 0 Å². The highest BCUT2D eigenvalue weighted by Crippen LogP contribution is 2.64. The van der Waals surface area contributed by atoms with E-state index in [9.17, 15) is 5.11 Å². The zero-order valence-corrected chi connectivity index (χ0v) is 19.2. The molecular formula is C27H44O. The molecule has 0 aliphatic heterocycles. The van der Waals surface area contributed by atoms with E-state index in [0.29, 0.717) is 10.8 Å². The van der Waals surface area contributed by atoms with E-state index in [0.717, 1.165) is 36.5 Å². The number of allylic oxidation sites excluding steroid dienone is 3. The summed E-state index contributed by atoms with van der Waals surface area (Å²) in [7, 11) is 0. The van der Waals surface area contributed by atoms with Crippen LogP contribution < -0.4 is 0 Å². The zero-order chi connectivity index (χ0) is 20.1. The molecule has 4 aliphatic rings. The smallest absolute Gasteiger partial charge is 0.0577 e. The standard InChI is InChI=1S/C27H44O/c1-18(2)7-6-8-19(3)23-11-12-24-22-10-9-20-17-21(28)13-15-26(20,4)25(22)14-16-27(23,24)5/h9,18-19,21,23,25,28H,6-8,10-17H2,1-5H3/t19?,21-,23?,25?,26-,27+/m0/s1. The Labute approximate surface area is 174 Å². The second-order valence-corrected chi connectivity index (χ2v) is 11.7. The normalized spacial score (nSPS) is 41.4. The summed E-state index contributed by atoms with van der Waals surface area (Å²) in [5, 5.41) is 10.2. The Hall–Kier alpha value is -0.560. The molecule has 6 atom stereocenters. The van der Waals surface area contributed by atoms with Crippen LogP contribution in [0.5, 0.6) is 0 Å². The van der Waals surface area contributed by atoms with E-state index in [4.69, 9.17) is 0 Å². The minimum absolute atomic E-state index is 0.0927. The van der Waals surface area contributed by atoms with Gasteiger partial charge in [-0.25, -0.2) is 0 Å². The predicted molar refractivity (Wildman–Crippen MR) is 119 cm³/mol. The van der Waals surface area contributed by atoms with Gasteiger partial charge in [0.25, 0.3) is 0 Å². The van der Waals surface area contributed by atoms with Crippen LogP contribution in [0.4, 0.5) is 0 Å². The van der Waals surface area contributed by atoms with Crippen LogP contribution in [0.2, 0.25) is 0 Å². The SMILES string of the molecule is CC(C)CCCC(C)C1CCC2=C3CC=C4C[C@@H](O)CC[C@]4(C)C3CC[C@@]21C. The van der Waals surface area contributed by atoms with Crippen LogP contribution in [-0.2, 0) is 0 Å². The molecule has 28 heavy (non-hydrogen) atoms. The van der Waals surface area contributed by atoms with Crippen molar-refractivity contribution >= 4 is 0 Å². The van der Waals surface area contributed by atoms with Gasteiger partial charge < -0.3 is 5.11 Å². The Balaban J connectivity index is 1.57. The summed E-state index contributed by atoms with van der Waals surface area (Å²) >= 11 is 0. The lowest BCUT2D eigenvalue weighted by Gasteiger charge is -2.53. The lowest BCUT2D eigenvalue weighted by Crippen LogP contribution is -2.43. The second-order valence-electron chi connectivity index (χ2n) is 11.7. The van der Waals surface area contributed by atoms with Gasteiger partial charge in [0.15, 0.2) is 0 Å². The van der Waals surface area contributed by atoms with Gasteiger partial charge in [-0.1, -0.05) is 76.7 Å². The Morgan fingerprint density at radius 2 is 1.79 bits per heavy atom. The maximum Gasteiger partial charge on any atom is 0.0577 e. The molecule has 0 heterocycles. The molecule has 0 aromatic carbocycles. The van der Waals surface area contributed by atoms with Gasteiger partial charge in [0.2, 0.25) is 0 Å². The lowest BCUT2D eigenvalue weighted by atomic mass is 9.52. The third-order valence-corrected chi connectivity index (χ3v) is 9.63. The average Bonchev–Trinajstić information content (AvgIpc) is 2.99. The van der Waals surface area contributed by atoms with Crippen LogP contribution in [0, 0.1) is 34.5 Å². The first kappa shape index (κ1) is 20.7. The van der Waals surface area contributed by atoms with Crippen LogP contribution in [-0.4, -0.2) is 11.2 Å². The van der Waals surface area contributed by atoms with Crippen molar-refractivity contribution in [2.75, 3.05) is 0 Å². The quantitative estimate of drug-likeness (QED) is 0.488. The Morgan fingerprint density at radius 3 is 2.54 bits per heavy atom. The summed E-state index contributed by atoms with van der Waals surface area (Å²) in [4.78, 5) is 0. The van der Waals surface area contributed by atoms with Crippen molar-refractivity contribution in [3.63, 3.8) is 0 Å². The molecule has 1 nitrogen and oxygen atoms in total. The van der Waals surface area contributed by atoms with Crippen molar-refractivity contribution in [2.45, 2.75) is 111 Å². The zero-order valence-electron chi connectivity index (χ0n) is 19.2. The van der Waals surface area contributed by atoms with Crippen LogP contribution in [0.25, 0.3) is 0 Å². The van der Waals surface area contributed by atoms with Crippen molar-refractivity contribution in [2.24, 2.45) is 34.5 Å². The summed E-state index contributed by atoms with van der Waals surface area (Å²) < 4.78 is 0. The van der Waals surface area contributed by atoms with Gasteiger partial charge in [-0.05, 0) is 85.9 Å². The number of hydrogen-bond donors (Lipinski definition) is 1. The number of rotatable bonds is 5. The molecule has 1 heteroatoms. The van der Waals surface area contributed by atoms with Gasteiger partial charge in [0.05, 0.1) is 6.10 Å². The van der Waals surface area contributed by atoms with E-state index < -0.39 is 0 Å². The number of fused-ring (bicyclic) bond motifs is 4. The largest absolute Gasteiger partial charge is 0.393 e. The van der Waals surface area contributed by atoms with Gasteiger partial charge in [-0.15, -0.1) is 0 Å². The number of aliphatic hydroxyl groups is 1. The molecule has 2 fully saturated rings. The number of aliphatic hydroxyl groups excluding tert-OH is 1. The molecule has 4 rings (SSSR count). The topological polar surface area (TPSA) is 20.2 Å². The minimum Gasteiger partial charge on any atom is -0.393 e. The summed E-state index contributed by atoms with van der Waals surface area (Å²) in [6, 6.07) is 0. The van der Waals surface area contributed by atoms with E-state index in [1.165, 1.54) is 57.8 Å². The Bertz CT molecular complexity index is 655. The Kier molecular flexibility index (Phi) is 5.62. The summed E-state index contributed by atoms with van der Waals surface area (Å²) in [5.74, 6) is 3.37. The maximum absolute atomic E-state index is 10.2. The number of hydrogen-bond acceptors (Lipinski definition) is 1. The molecule has 1 N–H and O–H groups in total. The van der Waals surface area contributed by atoms with Crippen molar-refractivity contribution in [1.29, 1.82) is 0 Å². The first-order chi connectivity index (χ1) is 13.3. The van der Waals surface area contributed by atoms with Crippen molar-refractivity contribution in [3.8, 4) is 0 Å². The highest BCUT2D eigenvalue weighted by Gasteiger charge is 2.53. The Morgan fingerprint density at radius 1 is 1.04 bits per heavy atom. The molecule has 0 radical (unpaired) electrons. The van der Waals surface area contributed by atoms with Gasteiger partial charge in [0.1, 0.15) is 0 Å². The third kappa shape index (κ3) is 3.34. The second kappa shape index (κ2) is 7.60. The van der Waals surface area contributed by atoms with Gasteiger partial charge in [-0.3, -0.25) is 0 Å². The van der Waals surface area contributed by atoms with Crippen LogP contribution in [0.15, 0.2) is 22.8 Å². The third-order valence-electron chi connectivity index (χ3n) is 9.63. The van der Waals surface area contributed by atoms with Gasteiger partial charge in [0, 0.05) is 0 Å². The fourth-order valence-electron chi connectivity index (χ4n) is 7.91. The molecule has 0 aromatic rings. The monoisotopic (exact) mass is 384 g/mol. The molecule has 0 bridgehead atoms.